The van der Waals surface area contributed by atoms with Crippen molar-refractivity contribution in [3.05, 3.63) is 11.9 Å². The van der Waals surface area contributed by atoms with Gasteiger partial charge in [0.25, 0.3) is 5.91 Å². The van der Waals surface area contributed by atoms with E-state index in [2.05, 4.69) is 20.9 Å². The molecule has 1 fully saturated rings. The Balaban J connectivity index is 1.76. The van der Waals surface area contributed by atoms with Gasteiger partial charge in [0.15, 0.2) is 5.69 Å². The summed E-state index contributed by atoms with van der Waals surface area (Å²) in [5, 5.41) is 13.6. The van der Waals surface area contributed by atoms with E-state index in [1.54, 1.807) is 15.8 Å². The molecule has 0 radical (unpaired) electrons. The fourth-order valence-electron chi connectivity index (χ4n) is 2.13. The van der Waals surface area contributed by atoms with Gasteiger partial charge in [-0.1, -0.05) is 5.21 Å². The van der Waals surface area contributed by atoms with E-state index in [-0.39, 0.29) is 23.6 Å². The van der Waals surface area contributed by atoms with Crippen molar-refractivity contribution in [2.75, 3.05) is 32.7 Å². The molecule has 1 aromatic rings. The van der Waals surface area contributed by atoms with Crippen LogP contribution in [0.25, 0.3) is 0 Å². The molecule has 0 spiro atoms. The summed E-state index contributed by atoms with van der Waals surface area (Å²) in [6.07, 6.45) is 1.95. The number of hydrogen-bond donors (Lipinski definition) is 2. The maximum absolute atomic E-state index is 11.9. The van der Waals surface area contributed by atoms with Crippen LogP contribution in [-0.4, -0.2) is 64.4 Å². The van der Waals surface area contributed by atoms with Crippen LogP contribution in [0.5, 0.6) is 0 Å². The third-order valence-electron chi connectivity index (χ3n) is 3.62. The van der Waals surface area contributed by atoms with Gasteiger partial charge < -0.3 is 15.5 Å². The maximum atomic E-state index is 11.9. The Morgan fingerprint density at radius 2 is 2.14 bits per heavy atom. The number of nitrogens with one attached hydrogen (secondary N) is 2. The predicted molar refractivity (Wildman–Crippen MR) is 76.8 cm³/mol. The zero-order valence-electron chi connectivity index (χ0n) is 12.5. The van der Waals surface area contributed by atoms with Crippen LogP contribution in [0.4, 0.5) is 0 Å². The smallest absolute Gasteiger partial charge is 0.273 e. The highest BCUT2D eigenvalue weighted by Gasteiger charge is 2.21. The van der Waals surface area contributed by atoms with Gasteiger partial charge in [-0.2, -0.15) is 0 Å². The van der Waals surface area contributed by atoms with Crippen molar-refractivity contribution in [2.45, 2.75) is 26.3 Å². The van der Waals surface area contributed by atoms with Crippen LogP contribution in [0.1, 0.15) is 36.8 Å². The number of nitrogens with zero attached hydrogens (tertiary/aromatic N) is 4. The number of carbonyl (C=O) groups excluding carboxylic acids is 2. The van der Waals surface area contributed by atoms with E-state index in [0.29, 0.717) is 26.1 Å². The Morgan fingerprint density at radius 1 is 1.43 bits per heavy atom. The Labute approximate surface area is 123 Å². The third-order valence-corrected chi connectivity index (χ3v) is 3.62. The lowest BCUT2D eigenvalue weighted by Gasteiger charge is -2.26. The highest BCUT2D eigenvalue weighted by Crippen LogP contribution is 2.09. The first-order chi connectivity index (χ1) is 10.2. The first kappa shape index (κ1) is 15.4. The summed E-state index contributed by atoms with van der Waals surface area (Å²) in [7, 11) is 0. The minimum atomic E-state index is -0.291. The van der Waals surface area contributed by atoms with Crippen molar-refractivity contribution in [1.29, 1.82) is 0 Å². The van der Waals surface area contributed by atoms with Crippen LogP contribution in [0, 0.1) is 0 Å². The molecule has 2 rings (SSSR count). The first-order valence-electron chi connectivity index (χ1n) is 7.34. The SMILES string of the molecule is CCN(CC)C(=O)CCNC(=O)c1cn(C2CNC2)nn1. The maximum Gasteiger partial charge on any atom is 0.273 e. The number of amides is 2. The van der Waals surface area contributed by atoms with E-state index in [9.17, 15) is 9.59 Å². The highest BCUT2D eigenvalue weighted by atomic mass is 16.2. The molecule has 0 unspecified atom stereocenters. The summed E-state index contributed by atoms with van der Waals surface area (Å²) < 4.78 is 1.70. The second-order valence-electron chi connectivity index (χ2n) is 4.97. The monoisotopic (exact) mass is 294 g/mol. The summed E-state index contributed by atoms with van der Waals surface area (Å²) in [6.45, 7) is 7.26. The number of rotatable bonds is 7. The van der Waals surface area contributed by atoms with Crippen molar-refractivity contribution in [1.82, 2.24) is 30.5 Å². The molecule has 1 aromatic heterocycles. The third kappa shape index (κ3) is 3.78. The average molecular weight is 294 g/mol. The zero-order chi connectivity index (χ0) is 15.2. The number of aromatic nitrogens is 3. The van der Waals surface area contributed by atoms with Crippen LogP contribution in [0.15, 0.2) is 6.20 Å². The summed E-state index contributed by atoms with van der Waals surface area (Å²) in [6, 6.07) is 0.281. The van der Waals surface area contributed by atoms with Gasteiger partial charge in [0.05, 0.1) is 12.2 Å². The lowest BCUT2D eigenvalue weighted by atomic mass is 10.2. The molecule has 2 amide bonds. The second kappa shape index (κ2) is 7.16. The lowest BCUT2D eigenvalue weighted by Crippen LogP contribution is -2.43. The Bertz CT molecular complexity index is 493. The van der Waals surface area contributed by atoms with E-state index in [1.807, 2.05) is 13.8 Å². The molecule has 116 valence electrons. The quantitative estimate of drug-likeness (QED) is 0.701. The molecule has 0 aromatic carbocycles. The van der Waals surface area contributed by atoms with Gasteiger partial charge in [0.2, 0.25) is 5.91 Å². The predicted octanol–water partition coefficient (Wildman–Crippen LogP) is -0.589. The molecule has 0 bridgehead atoms. The molecule has 1 aliphatic rings. The van der Waals surface area contributed by atoms with E-state index in [4.69, 9.17) is 0 Å². The van der Waals surface area contributed by atoms with E-state index < -0.39 is 0 Å². The second-order valence-corrected chi connectivity index (χ2v) is 4.97. The van der Waals surface area contributed by atoms with E-state index >= 15 is 0 Å². The standard InChI is InChI=1S/C13H22N6O2/c1-3-18(4-2)12(20)5-6-15-13(21)11-9-19(17-16-11)10-7-14-8-10/h9-10,14H,3-8H2,1-2H3,(H,15,21). The summed E-state index contributed by atoms with van der Waals surface area (Å²) in [4.78, 5) is 25.5. The summed E-state index contributed by atoms with van der Waals surface area (Å²) >= 11 is 0. The van der Waals surface area contributed by atoms with Gasteiger partial charge >= 0.3 is 0 Å². The lowest BCUT2D eigenvalue weighted by molar-refractivity contribution is -0.130. The van der Waals surface area contributed by atoms with Gasteiger partial charge in [0, 0.05) is 39.1 Å². The van der Waals surface area contributed by atoms with Gasteiger partial charge in [-0.25, -0.2) is 4.68 Å². The van der Waals surface area contributed by atoms with Crippen LogP contribution in [0.3, 0.4) is 0 Å². The van der Waals surface area contributed by atoms with Crippen LogP contribution in [0.2, 0.25) is 0 Å². The molecule has 8 nitrogen and oxygen atoms in total. The summed E-state index contributed by atoms with van der Waals surface area (Å²) in [5.41, 5.74) is 0.289. The summed E-state index contributed by atoms with van der Waals surface area (Å²) in [5.74, 6) is -0.245. The number of carbonyl (C=O) groups is 2. The normalized spacial score (nSPS) is 14.6. The molecule has 21 heavy (non-hydrogen) atoms. The van der Waals surface area contributed by atoms with Crippen LogP contribution in [-0.2, 0) is 4.79 Å². The van der Waals surface area contributed by atoms with Crippen molar-refractivity contribution >= 4 is 11.8 Å². The highest BCUT2D eigenvalue weighted by molar-refractivity contribution is 5.92. The molecule has 2 N–H and O–H groups in total. The Kier molecular flexibility index (Phi) is 5.26. The first-order valence-corrected chi connectivity index (χ1v) is 7.34. The fourth-order valence-corrected chi connectivity index (χ4v) is 2.13. The van der Waals surface area contributed by atoms with E-state index in [1.165, 1.54) is 0 Å². The molecule has 1 saturated heterocycles. The minimum Gasteiger partial charge on any atom is -0.350 e. The van der Waals surface area contributed by atoms with Crippen LogP contribution >= 0.6 is 0 Å². The van der Waals surface area contributed by atoms with Gasteiger partial charge in [0.1, 0.15) is 0 Å². The molecule has 2 heterocycles. The Morgan fingerprint density at radius 3 is 2.71 bits per heavy atom. The van der Waals surface area contributed by atoms with Gasteiger partial charge in [-0.15, -0.1) is 5.10 Å². The Hall–Kier alpha value is -1.96. The molecular formula is C13H22N6O2. The molecule has 0 aliphatic carbocycles. The minimum absolute atomic E-state index is 0.0458. The van der Waals surface area contributed by atoms with Crippen molar-refractivity contribution in [3.63, 3.8) is 0 Å². The molecular weight excluding hydrogens is 272 g/mol. The van der Waals surface area contributed by atoms with Crippen LogP contribution < -0.4 is 10.6 Å². The molecule has 1 aliphatic heterocycles. The number of hydrogen-bond acceptors (Lipinski definition) is 5. The van der Waals surface area contributed by atoms with Gasteiger partial charge in [-0.3, -0.25) is 9.59 Å². The van der Waals surface area contributed by atoms with Crippen molar-refractivity contribution in [3.8, 4) is 0 Å². The molecule has 0 saturated carbocycles. The zero-order valence-corrected chi connectivity index (χ0v) is 12.5. The fraction of sp³-hybridized carbons (Fsp3) is 0.692. The van der Waals surface area contributed by atoms with Crippen molar-refractivity contribution < 1.29 is 9.59 Å². The van der Waals surface area contributed by atoms with Gasteiger partial charge in [-0.05, 0) is 13.8 Å². The van der Waals surface area contributed by atoms with Crippen molar-refractivity contribution in [2.24, 2.45) is 0 Å². The largest absolute Gasteiger partial charge is 0.350 e. The average Bonchev–Trinajstić information content (AvgIpc) is 2.87. The molecule has 0 atom stereocenters. The van der Waals surface area contributed by atoms with E-state index in [0.717, 1.165) is 13.1 Å². The molecule has 8 heteroatoms. The topological polar surface area (TPSA) is 92.2 Å².